The molecule has 1 heterocycles. The molecular weight excluding hydrogens is 314 g/mol. The summed E-state index contributed by atoms with van der Waals surface area (Å²) in [6.45, 7) is 5.43. The Morgan fingerprint density at radius 2 is 1.83 bits per heavy atom. The molecule has 0 bridgehead atoms. The molecule has 0 aliphatic carbocycles. The summed E-state index contributed by atoms with van der Waals surface area (Å²) in [4.78, 5) is 15.8. The zero-order chi connectivity index (χ0) is 17.0. The van der Waals surface area contributed by atoms with Gasteiger partial charge in [0.2, 0.25) is 15.9 Å². The topological polar surface area (TPSA) is 88.2 Å². The smallest absolute Gasteiger partial charge is 0.242 e. The Kier molecular flexibility index (Phi) is 5.12. The Morgan fingerprint density at radius 1 is 1.17 bits per heavy atom. The summed E-state index contributed by atoms with van der Waals surface area (Å²) in [5.74, 6) is -0.424. The Hall–Kier alpha value is -2.25. The molecule has 122 valence electrons. The lowest BCUT2D eigenvalue weighted by molar-refractivity contribution is -0.115. The van der Waals surface area contributed by atoms with Gasteiger partial charge in [-0.25, -0.2) is 13.1 Å². The van der Waals surface area contributed by atoms with Gasteiger partial charge in [-0.3, -0.25) is 9.78 Å². The first kappa shape index (κ1) is 17.1. The molecule has 6 nitrogen and oxygen atoms in total. The highest BCUT2D eigenvalue weighted by Crippen LogP contribution is 2.21. The number of nitrogens with one attached hydrogen (secondary N) is 2. The lowest BCUT2D eigenvalue weighted by Crippen LogP contribution is -2.33. The second-order valence-corrected chi connectivity index (χ2v) is 7.10. The average Bonchev–Trinajstić information content (AvgIpc) is 2.50. The maximum absolute atomic E-state index is 12.0. The molecule has 0 saturated heterocycles. The monoisotopic (exact) mass is 333 g/mol. The van der Waals surface area contributed by atoms with Crippen LogP contribution in [0.4, 0.5) is 5.69 Å². The molecule has 0 aliphatic heterocycles. The predicted octanol–water partition coefficient (Wildman–Crippen LogP) is 1.92. The SMILES string of the molecule is Cc1cc(C)c(NC(=O)CNS(=O)(=O)c2cccnc2)c(C)c1. The molecule has 2 rings (SSSR count). The Labute approximate surface area is 136 Å². The number of nitrogens with zero attached hydrogens (tertiary/aromatic N) is 1. The summed E-state index contributed by atoms with van der Waals surface area (Å²) < 4.78 is 26.3. The van der Waals surface area contributed by atoms with Crippen LogP contribution in [0.15, 0.2) is 41.6 Å². The van der Waals surface area contributed by atoms with Crippen LogP contribution in [-0.4, -0.2) is 25.9 Å². The van der Waals surface area contributed by atoms with Gasteiger partial charge in [-0.15, -0.1) is 0 Å². The predicted molar refractivity (Wildman–Crippen MR) is 88.7 cm³/mol. The number of sulfonamides is 1. The van der Waals surface area contributed by atoms with Crippen molar-refractivity contribution in [3.63, 3.8) is 0 Å². The molecule has 0 atom stereocenters. The second-order valence-electron chi connectivity index (χ2n) is 5.34. The Balaban J connectivity index is 2.04. The largest absolute Gasteiger partial charge is 0.324 e. The molecule has 0 aliphatic rings. The van der Waals surface area contributed by atoms with Crippen LogP contribution in [0.3, 0.4) is 0 Å². The van der Waals surface area contributed by atoms with Crippen LogP contribution in [0.2, 0.25) is 0 Å². The maximum Gasteiger partial charge on any atom is 0.242 e. The number of hydrogen-bond acceptors (Lipinski definition) is 4. The fourth-order valence-electron chi connectivity index (χ4n) is 2.31. The average molecular weight is 333 g/mol. The third kappa shape index (κ3) is 4.37. The summed E-state index contributed by atoms with van der Waals surface area (Å²) in [7, 11) is -3.75. The van der Waals surface area contributed by atoms with Crippen LogP contribution in [0.1, 0.15) is 16.7 Å². The van der Waals surface area contributed by atoms with Crippen molar-refractivity contribution in [3.05, 3.63) is 53.3 Å². The van der Waals surface area contributed by atoms with Gasteiger partial charge in [-0.2, -0.15) is 0 Å². The van der Waals surface area contributed by atoms with Crippen LogP contribution in [0.5, 0.6) is 0 Å². The highest BCUT2D eigenvalue weighted by molar-refractivity contribution is 7.89. The van der Waals surface area contributed by atoms with Gasteiger partial charge in [-0.05, 0) is 44.0 Å². The maximum atomic E-state index is 12.0. The van der Waals surface area contributed by atoms with Crippen LogP contribution < -0.4 is 10.0 Å². The van der Waals surface area contributed by atoms with E-state index in [0.29, 0.717) is 5.69 Å². The van der Waals surface area contributed by atoms with E-state index in [1.807, 2.05) is 32.9 Å². The Bertz CT molecular complexity index is 795. The van der Waals surface area contributed by atoms with E-state index in [1.54, 1.807) is 0 Å². The first-order valence-corrected chi connectivity index (χ1v) is 8.55. The van der Waals surface area contributed by atoms with Crippen LogP contribution in [0.25, 0.3) is 0 Å². The van der Waals surface area contributed by atoms with E-state index in [0.717, 1.165) is 16.7 Å². The van der Waals surface area contributed by atoms with E-state index in [-0.39, 0.29) is 11.4 Å². The molecule has 2 aromatic rings. The minimum atomic E-state index is -3.75. The van der Waals surface area contributed by atoms with Crippen molar-refractivity contribution < 1.29 is 13.2 Å². The lowest BCUT2D eigenvalue weighted by atomic mass is 10.1. The van der Waals surface area contributed by atoms with Crippen LogP contribution in [0, 0.1) is 20.8 Å². The molecule has 0 spiro atoms. The van der Waals surface area contributed by atoms with E-state index >= 15 is 0 Å². The van der Waals surface area contributed by atoms with E-state index in [4.69, 9.17) is 0 Å². The van der Waals surface area contributed by atoms with E-state index in [1.165, 1.54) is 24.5 Å². The number of rotatable bonds is 5. The standard InChI is InChI=1S/C16H19N3O3S/c1-11-7-12(2)16(13(3)8-11)19-15(20)10-18-23(21,22)14-5-4-6-17-9-14/h4-9,18H,10H2,1-3H3,(H,19,20). The Morgan fingerprint density at radius 3 is 2.39 bits per heavy atom. The fourth-order valence-corrected chi connectivity index (χ4v) is 3.26. The van der Waals surface area contributed by atoms with E-state index in [2.05, 4.69) is 15.0 Å². The fraction of sp³-hybridized carbons (Fsp3) is 0.250. The van der Waals surface area contributed by atoms with Gasteiger partial charge < -0.3 is 5.32 Å². The highest BCUT2D eigenvalue weighted by Gasteiger charge is 2.16. The van der Waals surface area contributed by atoms with Gasteiger partial charge in [0.05, 0.1) is 6.54 Å². The minimum absolute atomic E-state index is 0.0236. The quantitative estimate of drug-likeness (QED) is 0.875. The zero-order valence-electron chi connectivity index (χ0n) is 13.3. The van der Waals surface area contributed by atoms with Gasteiger partial charge in [0, 0.05) is 18.1 Å². The molecule has 1 aromatic carbocycles. The second kappa shape index (κ2) is 6.89. The molecular formula is C16H19N3O3S. The van der Waals surface area contributed by atoms with Crippen molar-refractivity contribution in [2.45, 2.75) is 25.7 Å². The van der Waals surface area contributed by atoms with Gasteiger partial charge in [0.1, 0.15) is 4.90 Å². The zero-order valence-corrected chi connectivity index (χ0v) is 14.1. The molecule has 7 heteroatoms. The summed E-state index contributed by atoms with van der Waals surface area (Å²) in [6.07, 6.45) is 2.71. The first-order chi connectivity index (χ1) is 10.8. The number of aromatic nitrogens is 1. The third-order valence-electron chi connectivity index (χ3n) is 3.31. The molecule has 0 saturated carbocycles. The molecule has 1 amide bonds. The van der Waals surface area contributed by atoms with Gasteiger partial charge in [0.25, 0.3) is 0 Å². The van der Waals surface area contributed by atoms with Crippen molar-refractivity contribution in [3.8, 4) is 0 Å². The van der Waals surface area contributed by atoms with Gasteiger partial charge in [0.15, 0.2) is 0 Å². The number of benzene rings is 1. The minimum Gasteiger partial charge on any atom is -0.324 e. The molecule has 2 N–H and O–H groups in total. The molecule has 1 aromatic heterocycles. The van der Waals surface area contributed by atoms with Crippen molar-refractivity contribution in [1.82, 2.24) is 9.71 Å². The highest BCUT2D eigenvalue weighted by atomic mass is 32.2. The third-order valence-corrected chi connectivity index (χ3v) is 4.70. The van der Waals surface area contributed by atoms with Crippen LogP contribution >= 0.6 is 0 Å². The summed E-state index contributed by atoms with van der Waals surface area (Å²) in [6, 6.07) is 6.86. The number of hydrogen-bond donors (Lipinski definition) is 2. The number of pyridine rings is 1. The number of carbonyl (C=O) groups is 1. The van der Waals surface area contributed by atoms with Crippen LogP contribution in [-0.2, 0) is 14.8 Å². The van der Waals surface area contributed by atoms with Gasteiger partial charge in [-0.1, -0.05) is 17.7 Å². The normalized spacial score (nSPS) is 11.3. The first-order valence-electron chi connectivity index (χ1n) is 7.07. The molecule has 0 unspecified atom stereocenters. The van der Waals surface area contributed by atoms with Crippen molar-refractivity contribution in [2.75, 3.05) is 11.9 Å². The lowest BCUT2D eigenvalue weighted by Gasteiger charge is -2.13. The van der Waals surface area contributed by atoms with E-state index in [9.17, 15) is 13.2 Å². The summed E-state index contributed by atoms with van der Waals surface area (Å²) in [5.41, 5.74) is 3.69. The molecule has 23 heavy (non-hydrogen) atoms. The summed E-state index contributed by atoms with van der Waals surface area (Å²) in [5, 5.41) is 2.75. The van der Waals surface area contributed by atoms with Crippen molar-refractivity contribution in [2.24, 2.45) is 0 Å². The van der Waals surface area contributed by atoms with E-state index < -0.39 is 15.9 Å². The van der Waals surface area contributed by atoms with Crippen molar-refractivity contribution >= 4 is 21.6 Å². The van der Waals surface area contributed by atoms with Gasteiger partial charge >= 0.3 is 0 Å². The number of amides is 1. The summed E-state index contributed by atoms with van der Waals surface area (Å²) >= 11 is 0. The van der Waals surface area contributed by atoms with Crippen molar-refractivity contribution in [1.29, 1.82) is 0 Å². The number of carbonyl (C=O) groups excluding carboxylic acids is 1. The number of aryl methyl sites for hydroxylation is 3. The molecule has 0 fully saturated rings. The number of anilines is 1. The molecule has 0 radical (unpaired) electrons.